The van der Waals surface area contributed by atoms with Gasteiger partial charge in [0.05, 0.1) is 0 Å². The Bertz CT molecular complexity index is 1270. The van der Waals surface area contributed by atoms with Crippen molar-refractivity contribution in [3.8, 4) is 0 Å². The van der Waals surface area contributed by atoms with Gasteiger partial charge in [0.2, 0.25) is 0 Å². The monoisotopic (exact) mass is 442 g/mol. The highest BCUT2D eigenvalue weighted by Crippen LogP contribution is 2.22. The van der Waals surface area contributed by atoms with Crippen molar-refractivity contribution in [1.29, 1.82) is 0 Å². The number of benzene rings is 3. The molecule has 3 aromatic carbocycles. The van der Waals surface area contributed by atoms with Crippen molar-refractivity contribution >= 4 is 28.9 Å². The Balaban J connectivity index is 1.66. The lowest BCUT2D eigenvalue weighted by atomic mass is 10.0. The fraction of sp³-hybridized carbons (Fsp3) is 0.115. The number of carbonyl (C=O) groups excluding carboxylic acids is 2. The number of nitrogens with one attached hydrogen (secondary N) is 1. The Morgan fingerprint density at radius 1 is 0.879 bits per heavy atom. The normalized spacial score (nSPS) is 11.6. The third-order valence-electron chi connectivity index (χ3n) is 5.33. The van der Waals surface area contributed by atoms with E-state index in [0.29, 0.717) is 10.5 Å². The van der Waals surface area contributed by atoms with Gasteiger partial charge < -0.3 is 14.8 Å². The predicted molar refractivity (Wildman–Crippen MR) is 123 cm³/mol. The summed E-state index contributed by atoms with van der Waals surface area (Å²) in [6.07, 6.45) is 0.611. The van der Waals surface area contributed by atoms with Crippen LogP contribution in [-0.2, 0) is 22.6 Å². The molecule has 0 spiro atoms. The zero-order valence-electron chi connectivity index (χ0n) is 17.7. The Labute approximate surface area is 190 Å². The number of fused-ring (bicyclic) bond motifs is 1. The second-order valence-corrected chi connectivity index (χ2v) is 7.50. The molecule has 33 heavy (non-hydrogen) atoms. The van der Waals surface area contributed by atoms with E-state index in [-0.39, 0.29) is 18.6 Å². The fourth-order valence-corrected chi connectivity index (χ4v) is 3.66. The number of imide groups is 1. The average molecular weight is 442 g/mol. The van der Waals surface area contributed by atoms with Crippen LogP contribution in [-0.4, -0.2) is 39.0 Å². The van der Waals surface area contributed by atoms with Crippen LogP contribution in [0.25, 0.3) is 10.9 Å². The number of ether oxygens (including phenoxy) is 1. The zero-order valence-corrected chi connectivity index (χ0v) is 17.7. The third-order valence-corrected chi connectivity index (χ3v) is 5.33. The van der Waals surface area contributed by atoms with Crippen molar-refractivity contribution in [3.63, 3.8) is 0 Å². The summed E-state index contributed by atoms with van der Waals surface area (Å²) < 4.78 is 5.37. The molecule has 7 nitrogen and oxygen atoms in total. The van der Waals surface area contributed by atoms with Gasteiger partial charge in [-0.05, 0) is 29.3 Å². The SMILES string of the molecule is O=C(O)C(Cc1c[nH]c2ccccc12)N(C(=O)OCc1ccccc1)C(=O)c1ccccc1. The molecule has 0 saturated heterocycles. The molecular formula is C26H22N2O5. The number of hydrogen-bond donors (Lipinski definition) is 2. The molecule has 0 aliphatic rings. The smallest absolute Gasteiger partial charge is 0.417 e. The molecule has 0 radical (unpaired) electrons. The lowest BCUT2D eigenvalue weighted by molar-refractivity contribution is -0.141. The lowest BCUT2D eigenvalue weighted by Gasteiger charge is -2.26. The Kier molecular flexibility index (Phi) is 6.50. The summed E-state index contributed by atoms with van der Waals surface area (Å²) in [4.78, 5) is 42.5. The van der Waals surface area contributed by atoms with Crippen LogP contribution < -0.4 is 0 Å². The maximum absolute atomic E-state index is 13.3. The van der Waals surface area contributed by atoms with E-state index < -0.39 is 24.0 Å². The van der Waals surface area contributed by atoms with Crippen LogP contribution in [0.4, 0.5) is 4.79 Å². The highest BCUT2D eigenvalue weighted by atomic mass is 16.6. The number of aliphatic carboxylic acids is 1. The van der Waals surface area contributed by atoms with Crippen LogP contribution in [0, 0.1) is 0 Å². The van der Waals surface area contributed by atoms with Gasteiger partial charge in [0.1, 0.15) is 12.6 Å². The summed E-state index contributed by atoms with van der Waals surface area (Å²) in [5.74, 6) is -2.04. The van der Waals surface area contributed by atoms with E-state index in [2.05, 4.69) is 4.98 Å². The molecule has 1 atom stereocenters. The second-order valence-electron chi connectivity index (χ2n) is 7.50. The minimum atomic E-state index is -1.46. The van der Waals surface area contributed by atoms with Crippen molar-refractivity contribution < 1.29 is 24.2 Å². The first-order chi connectivity index (χ1) is 16.0. The van der Waals surface area contributed by atoms with Gasteiger partial charge in [-0.25, -0.2) is 14.5 Å². The van der Waals surface area contributed by atoms with Gasteiger partial charge >= 0.3 is 12.1 Å². The summed E-state index contributed by atoms with van der Waals surface area (Å²) in [6.45, 7) is -0.0856. The summed E-state index contributed by atoms with van der Waals surface area (Å²) in [5.41, 5.74) is 2.43. The molecule has 0 aliphatic heterocycles. The molecule has 0 saturated carbocycles. The molecule has 0 fully saturated rings. The van der Waals surface area contributed by atoms with Gasteiger partial charge in [-0.1, -0.05) is 66.7 Å². The highest BCUT2D eigenvalue weighted by Gasteiger charge is 2.37. The van der Waals surface area contributed by atoms with Gasteiger partial charge in [0.15, 0.2) is 0 Å². The summed E-state index contributed by atoms with van der Waals surface area (Å²) >= 11 is 0. The van der Waals surface area contributed by atoms with E-state index in [1.54, 1.807) is 48.7 Å². The van der Waals surface area contributed by atoms with E-state index in [0.717, 1.165) is 16.5 Å². The van der Waals surface area contributed by atoms with Gasteiger partial charge in [-0.3, -0.25) is 4.79 Å². The van der Waals surface area contributed by atoms with Gasteiger partial charge in [0, 0.05) is 29.1 Å². The molecule has 0 aliphatic carbocycles. The molecule has 1 unspecified atom stereocenters. The molecule has 2 N–H and O–H groups in total. The molecule has 7 heteroatoms. The first-order valence-electron chi connectivity index (χ1n) is 10.4. The van der Waals surface area contributed by atoms with Crippen molar-refractivity contribution in [3.05, 3.63) is 108 Å². The van der Waals surface area contributed by atoms with Crippen LogP contribution in [0.5, 0.6) is 0 Å². The molecule has 1 heterocycles. The fourth-order valence-electron chi connectivity index (χ4n) is 3.66. The number of nitrogens with zero attached hydrogens (tertiary/aromatic N) is 1. The number of amides is 2. The maximum atomic E-state index is 13.3. The van der Waals surface area contributed by atoms with Crippen LogP contribution in [0.3, 0.4) is 0 Å². The molecule has 4 aromatic rings. The number of carboxylic acids is 1. The van der Waals surface area contributed by atoms with Crippen LogP contribution in [0.1, 0.15) is 21.5 Å². The Hall–Kier alpha value is -4.39. The van der Waals surface area contributed by atoms with E-state index in [4.69, 9.17) is 4.74 Å². The second kappa shape index (κ2) is 9.82. The first-order valence-corrected chi connectivity index (χ1v) is 10.4. The number of aromatic amines is 1. The Morgan fingerprint density at radius 2 is 1.52 bits per heavy atom. The van der Waals surface area contributed by atoms with E-state index in [1.165, 1.54) is 12.1 Å². The third kappa shape index (κ3) is 4.93. The molecule has 166 valence electrons. The van der Waals surface area contributed by atoms with Gasteiger partial charge in [-0.2, -0.15) is 0 Å². The maximum Gasteiger partial charge on any atom is 0.417 e. The number of para-hydroxylation sites is 1. The molecule has 0 bridgehead atoms. The lowest BCUT2D eigenvalue weighted by Crippen LogP contribution is -2.50. The zero-order chi connectivity index (χ0) is 23.2. The number of carboxylic acid groups (broad SMARTS) is 1. The first kappa shape index (κ1) is 21.8. The number of carbonyl (C=O) groups is 3. The minimum Gasteiger partial charge on any atom is -0.480 e. The standard InChI is InChI=1S/C26H22N2O5/c29-24(19-11-5-2-6-12-19)28(26(32)33-17-18-9-3-1-4-10-18)23(25(30)31)15-20-16-27-22-14-8-7-13-21(20)22/h1-14,16,23,27H,15,17H2,(H,30,31). The highest BCUT2D eigenvalue weighted by molar-refractivity contribution is 6.05. The molecule has 4 rings (SSSR count). The molecule has 2 amide bonds. The van der Waals surface area contributed by atoms with Crippen molar-refractivity contribution in [1.82, 2.24) is 9.88 Å². The van der Waals surface area contributed by atoms with E-state index in [1.807, 2.05) is 30.3 Å². The predicted octanol–water partition coefficient (Wildman–Crippen LogP) is 4.64. The number of aromatic nitrogens is 1. The molecule has 1 aromatic heterocycles. The summed E-state index contributed by atoms with van der Waals surface area (Å²) in [7, 11) is 0. The van der Waals surface area contributed by atoms with E-state index >= 15 is 0 Å². The summed E-state index contributed by atoms with van der Waals surface area (Å²) in [5, 5.41) is 10.9. The average Bonchev–Trinajstić information content (AvgIpc) is 3.26. The topological polar surface area (TPSA) is 99.7 Å². The Morgan fingerprint density at radius 3 is 2.21 bits per heavy atom. The molecular weight excluding hydrogens is 420 g/mol. The van der Waals surface area contributed by atoms with Crippen molar-refractivity contribution in [2.45, 2.75) is 19.1 Å². The van der Waals surface area contributed by atoms with E-state index in [9.17, 15) is 19.5 Å². The number of hydrogen-bond acceptors (Lipinski definition) is 4. The summed E-state index contributed by atoms with van der Waals surface area (Å²) in [6, 6.07) is 23.1. The number of H-pyrrole nitrogens is 1. The van der Waals surface area contributed by atoms with Crippen LogP contribution in [0.2, 0.25) is 0 Å². The minimum absolute atomic E-state index is 0.0711. The van der Waals surface area contributed by atoms with Crippen molar-refractivity contribution in [2.75, 3.05) is 0 Å². The van der Waals surface area contributed by atoms with Gasteiger partial charge in [0.25, 0.3) is 5.91 Å². The van der Waals surface area contributed by atoms with Crippen molar-refractivity contribution in [2.24, 2.45) is 0 Å². The quantitative estimate of drug-likeness (QED) is 0.434. The largest absolute Gasteiger partial charge is 0.480 e. The van der Waals surface area contributed by atoms with Gasteiger partial charge in [-0.15, -0.1) is 0 Å². The van der Waals surface area contributed by atoms with Crippen LogP contribution in [0.15, 0.2) is 91.1 Å². The number of rotatable bonds is 7. The van der Waals surface area contributed by atoms with Crippen LogP contribution >= 0.6 is 0 Å².